The maximum Gasteiger partial charge on any atom is 0.340 e. The van der Waals surface area contributed by atoms with E-state index >= 15 is 0 Å². The molecule has 0 unspecified atom stereocenters. The number of nitrogens with zero attached hydrogens (tertiary/aromatic N) is 1. The highest BCUT2D eigenvalue weighted by Crippen LogP contribution is 2.34. The van der Waals surface area contributed by atoms with Crippen LogP contribution >= 0.6 is 11.6 Å². The fourth-order valence-corrected chi connectivity index (χ4v) is 3.66. The monoisotopic (exact) mass is 401 g/mol. The lowest BCUT2D eigenvalue weighted by Crippen LogP contribution is -2.12. The number of ether oxygens (including phenoxy) is 1. The fourth-order valence-electron chi connectivity index (χ4n) is 3.49. The molecule has 0 amide bonds. The van der Waals surface area contributed by atoms with Gasteiger partial charge in [0.2, 0.25) is 0 Å². The molecule has 0 radical (unpaired) electrons. The lowest BCUT2D eigenvalue weighted by atomic mass is 9.94. The minimum absolute atomic E-state index is 0.310. The van der Waals surface area contributed by atoms with Crippen molar-refractivity contribution in [2.24, 2.45) is 0 Å². The normalized spacial score (nSPS) is 10.8. The number of halogens is 1. The van der Waals surface area contributed by atoms with Crippen molar-refractivity contribution < 1.29 is 9.53 Å². The van der Waals surface area contributed by atoms with Gasteiger partial charge in [-0.15, -0.1) is 0 Å². The minimum atomic E-state index is -0.369. The lowest BCUT2D eigenvalue weighted by Gasteiger charge is -2.15. The topological polar surface area (TPSA) is 39.2 Å². The number of esters is 1. The predicted molar refractivity (Wildman–Crippen MR) is 117 cm³/mol. The second-order valence-electron chi connectivity index (χ2n) is 6.85. The van der Waals surface area contributed by atoms with Gasteiger partial charge < -0.3 is 4.74 Å². The van der Waals surface area contributed by atoms with Crippen LogP contribution in [0.2, 0.25) is 5.02 Å². The third-order valence-electron chi connectivity index (χ3n) is 4.86. The molecule has 0 aliphatic carbocycles. The van der Waals surface area contributed by atoms with Crippen LogP contribution in [-0.2, 0) is 11.2 Å². The molecule has 4 rings (SSSR count). The van der Waals surface area contributed by atoms with Crippen LogP contribution in [-0.4, -0.2) is 17.6 Å². The summed E-state index contributed by atoms with van der Waals surface area (Å²) in [6.07, 6.45) is 0.666. The van der Waals surface area contributed by atoms with Gasteiger partial charge in [-0.25, -0.2) is 4.79 Å². The van der Waals surface area contributed by atoms with Crippen LogP contribution in [0, 0.1) is 6.92 Å². The highest BCUT2D eigenvalue weighted by Gasteiger charge is 2.21. The molecule has 1 aromatic heterocycles. The lowest BCUT2D eigenvalue weighted by molar-refractivity contribution is 0.0509. The van der Waals surface area contributed by atoms with E-state index in [1.54, 1.807) is 0 Å². The Morgan fingerprint density at radius 3 is 2.38 bits per heavy atom. The maximum atomic E-state index is 13.1. The first-order chi connectivity index (χ1) is 14.1. The van der Waals surface area contributed by atoms with Gasteiger partial charge >= 0.3 is 5.97 Å². The zero-order valence-corrected chi connectivity index (χ0v) is 16.8. The van der Waals surface area contributed by atoms with E-state index in [0.29, 0.717) is 29.3 Å². The molecule has 0 aliphatic heterocycles. The zero-order chi connectivity index (χ0) is 20.2. The molecule has 0 aliphatic rings. The number of hydrogen-bond acceptors (Lipinski definition) is 3. The summed E-state index contributed by atoms with van der Waals surface area (Å²) in [6, 6.07) is 25.3. The molecule has 3 nitrogen and oxygen atoms in total. The van der Waals surface area contributed by atoms with Gasteiger partial charge in [0.15, 0.2) is 0 Å². The van der Waals surface area contributed by atoms with Crippen LogP contribution < -0.4 is 0 Å². The van der Waals surface area contributed by atoms with Gasteiger partial charge in [-0.1, -0.05) is 72.3 Å². The Labute approximate surface area is 174 Å². The summed E-state index contributed by atoms with van der Waals surface area (Å²) < 4.78 is 5.64. The third kappa shape index (κ3) is 4.15. The highest BCUT2D eigenvalue weighted by molar-refractivity contribution is 6.31. The van der Waals surface area contributed by atoms with Crippen molar-refractivity contribution in [3.63, 3.8) is 0 Å². The van der Waals surface area contributed by atoms with Crippen molar-refractivity contribution >= 4 is 28.5 Å². The van der Waals surface area contributed by atoms with Crippen molar-refractivity contribution in [1.82, 2.24) is 4.98 Å². The first-order valence-corrected chi connectivity index (χ1v) is 9.87. The molecule has 29 heavy (non-hydrogen) atoms. The molecule has 0 saturated heterocycles. The molecule has 0 atom stereocenters. The van der Waals surface area contributed by atoms with E-state index < -0.39 is 0 Å². The number of rotatable bonds is 5. The average Bonchev–Trinajstić information content (AvgIpc) is 2.74. The maximum absolute atomic E-state index is 13.1. The molecular weight excluding hydrogens is 382 g/mol. The predicted octanol–water partition coefficient (Wildman–Crippen LogP) is 6.26. The Morgan fingerprint density at radius 1 is 0.966 bits per heavy atom. The second-order valence-corrected chi connectivity index (χ2v) is 7.28. The molecule has 0 fully saturated rings. The van der Waals surface area contributed by atoms with Crippen molar-refractivity contribution in [2.75, 3.05) is 6.61 Å². The third-order valence-corrected chi connectivity index (χ3v) is 5.10. The van der Waals surface area contributed by atoms with Gasteiger partial charge in [-0.2, -0.15) is 0 Å². The smallest absolute Gasteiger partial charge is 0.340 e. The fraction of sp³-hybridized carbons (Fsp3) is 0.120. The van der Waals surface area contributed by atoms with Crippen LogP contribution in [0.5, 0.6) is 0 Å². The molecule has 0 N–H and O–H groups in total. The number of fused-ring (bicyclic) bond motifs is 1. The molecule has 4 heteroatoms. The standard InChI is InChI=1S/C25H20ClNO2/c1-17-23(25(28)29-15-14-18-8-4-2-5-9-18)24(19-10-6-3-7-11-19)21-16-20(26)12-13-22(21)27-17/h2-13,16H,14-15H2,1H3. The number of carbonyl (C=O) groups excluding carboxylic acids is 1. The Hall–Kier alpha value is -3.17. The van der Waals surface area contributed by atoms with Gasteiger partial charge in [0, 0.05) is 22.4 Å². The first-order valence-electron chi connectivity index (χ1n) is 9.50. The number of pyridine rings is 1. The van der Waals surface area contributed by atoms with E-state index in [4.69, 9.17) is 16.3 Å². The number of aryl methyl sites for hydroxylation is 1. The van der Waals surface area contributed by atoms with Gasteiger partial charge in [0.1, 0.15) is 0 Å². The highest BCUT2D eigenvalue weighted by atomic mass is 35.5. The quantitative estimate of drug-likeness (QED) is 0.370. The summed E-state index contributed by atoms with van der Waals surface area (Å²) in [7, 11) is 0. The van der Waals surface area contributed by atoms with E-state index in [2.05, 4.69) is 4.98 Å². The number of carbonyl (C=O) groups is 1. The van der Waals surface area contributed by atoms with Gasteiger partial charge in [0.05, 0.1) is 23.4 Å². The molecule has 4 aromatic rings. The summed E-state index contributed by atoms with van der Waals surface area (Å²) in [5, 5.41) is 1.44. The molecule has 0 spiro atoms. The summed E-state index contributed by atoms with van der Waals surface area (Å²) >= 11 is 6.26. The van der Waals surface area contributed by atoms with E-state index in [9.17, 15) is 4.79 Å². The van der Waals surface area contributed by atoms with Crippen molar-refractivity contribution in [2.45, 2.75) is 13.3 Å². The van der Waals surface area contributed by atoms with Crippen LogP contribution in [0.4, 0.5) is 0 Å². The van der Waals surface area contributed by atoms with Crippen LogP contribution in [0.25, 0.3) is 22.0 Å². The summed E-state index contributed by atoms with van der Waals surface area (Å²) in [4.78, 5) is 17.7. The summed E-state index contributed by atoms with van der Waals surface area (Å²) in [5.74, 6) is -0.369. The second kappa shape index (κ2) is 8.46. The Bertz CT molecular complexity index is 1160. The molecular formula is C25H20ClNO2. The van der Waals surface area contributed by atoms with E-state index in [1.807, 2.05) is 85.8 Å². The molecule has 3 aromatic carbocycles. The summed E-state index contributed by atoms with van der Waals surface area (Å²) in [6.45, 7) is 2.15. The largest absolute Gasteiger partial charge is 0.462 e. The van der Waals surface area contributed by atoms with Crippen molar-refractivity contribution in [3.05, 3.63) is 101 Å². The Kier molecular flexibility index (Phi) is 5.59. The van der Waals surface area contributed by atoms with Crippen LogP contribution in [0.1, 0.15) is 21.6 Å². The number of benzene rings is 3. The van der Waals surface area contributed by atoms with E-state index in [0.717, 1.165) is 27.6 Å². The average molecular weight is 402 g/mol. The number of hydrogen-bond donors (Lipinski definition) is 0. The molecule has 0 bridgehead atoms. The summed E-state index contributed by atoms with van der Waals surface area (Å²) in [5.41, 5.74) is 4.79. The first kappa shape index (κ1) is 19.2. The Balaban J connectivity index is 1.74. The molecule has 0 saturated carbocycles. The van der Waals surface area contributed by atoms with Gasteiger partial charge in [-0.05, 0) is 36.2 Å². The Morgan fingerprint density at radius 2 is 1.66 bits per heavy atom. The van der Waals surface area contributed by atoms with E-state index in [-0.39, 0.29) is 5.97 Å². The van der Waals surface area contributed by atoms with Crippen LogP contribution in [0.15, 0.2) is 78.9 Å². The number of aromatic nitrogens is 1. The molecule has 144 valence electrons. The van der Waals surface area contributed by atoms with E-state index in [1.165, 1.54) is 0 Å². The molecule has 1 heterocycles. The van der Waals surface area contributed by atoms with Crippen LogP contribution in [0.3, 0.4) is 0 Å². The van der Waals surface area contributed by atoms with Gasteiger partial charge in [0.25, 0.3) is 0 Å². The SMILES string of the molecule is Cc1nc2ccc(Cl)cc2c(-c2ccccc2)c1C(=O)OCCc1ccccc1. The van der Waals surface area contributed by atoms with Gasteiger partial charge in [-0.3, -0.25) is 4.98 Å². The minimum Gasteiger partial charge on any atom is -0.462 e. The van der Waals surface area contributed by atoms with Crippen molar-refractivity contribution in [1.29, 1.82) is 0 Å². The van der Waals surface area contributed by atoms with Crippen molar-refractivity contribution in [3.8, 4) is 11.1 Å². The zero-order valence-electron chi connectivity index (χ0n) is 16.1.